The van der Waals surface area contributed by atoms with Gasteiger partial charge in [0.2, 0.25) is 5.91 Å². The molecule has 1 aliphatic heterocycles. The van der Waals surface area contributed by atoms with E-state index in [1.54, 1.807) is 0 Å². The summed E-state index contributed by atoms with van der Waals surface area (Å²) in [4.78, 5) is 18.7. The number of aryl methyl sites for hydroxylation is 1. The number of nitrogens with zero attached hydrogens (tertiary/aromatic N) is 5. The van der Waals surface area contributed by atoms with Gasteiger partial charge in [-0.2, -0.15) is 13.5 Å². The van der Waals surface area contributed by atoms with E-state index in [2.05, 4.69) is 56.3 Å². The number of amides is 1. The fourth-order valence-electron chi connectivity index (χ4n) is 4.20. The third-order valence-electron chi connectivity index (χ3n) is 6.24. The molecule has 4 aromatic rings. The Balaban J connectivity index is 0.00000289. The fraction of sp³-hybridized carbons (Fsp3) is 0.231. The summed E-state index contributed by atoms with van der Waals surface area (Å²) in [5.41, 5.74) is 6.87. The molecule has 1 aliphatic rings. The van der Waals surface area contributed by atoms with Crippen LogP contribution in [0, 0.1) is 6.92 Å². The number of benzene rings is 2. The van der Waals surface area contributed by atoms with Crippen molar-refractivity contribution in [1.29, 1.82) is 0 Å². The molecule has 0 unspecified atom stereocenters. The molecule has 0 fully saturated rings. The Morgan fingerprint density at radius 1 is 1.09 bits per heavy atom. The van der Waals surface area contributed by atoms with E-state index in [9.17, 15) is 4.79 Å². The van der Waals surface area contributed by atoms with E-state index >= 15 is 0 Å². The molecule has 9 heteroatoms. The van der Waals surface area contributed by atoms with Gasteiger partial charge in [-0.05, 0) is 30.5 Å². The van der Waals surface area contributed by atoms with Gasteiger partial charge in [0.25, 0.3) is 0 Å². The van der Waals surface area contributed by atoms with Gasteiger partial charge in [0.1, 0.15) is 17.6 Å². The summed E-state index contributed by atoms with van der Waals surface area (Å²) in [6.45, 7) is 4.91. The highest BCUT2D eigenvalue weighted by atomic mass is 32.1. The SMILES string of the molecule is Cc1nc(NCc2cn(Cc3ccccc3-c3ccccc3)nn2)cc2c1NC(=O)[C@H](C)N2C.S. The maximum atomic E-state index is 12.1. The first-order valence-electron chi connectivity index (χ1n) is 11.3. The first-order valence-corrected chi connectivity index (χ1v) is 11.3. The number of aromatic nitrogens is 4. The Morgan fingerprint density at radius 2 is 1.83 bits per heavy atom. The second-order valence-corrected chi connectivity index (χ2v) is 8.55. The number of nitrogens with one attached hydrogen (secondary N) is 2. The van der Waals surface area contributed by atoms with Crippen LogP contribution in [0.25, 0.3) is 11.1 Å². The van der Waals surface area contributed by atoms with Gasteiger partial charge in [-0.25, -0.2) is 9.67 Å². The Kier molecular flexibility index (Phi) is 7.07. The minimum atomic E-state index is -0.235. The summed E-state index contributed by atoms with van der Waals surface area (Å²) in [6, 6.07) is 20.4. The molecule has 35 heavy (non-hydrogen) atoms. The molecule has 0 saturated heterocycles. The molecule has 1 atom stereocenters. The zero-order valence-corrected chi connectivity index (χ0v) is 21.0. The van der Waals surface area contributed by atoms with Crippen molar-refractivity contribution in [2.75, 3.05) is 22.6 Å². The Hall–Kier alpha value is -3.85. The lowest BCUT2D eigenvalue weighted by Gasteiger charge is -2.34. The van der Waals surface area contributed by atoms with Gasteiger partial charge in [-0.3, -0.25) is 4.79 Å². The molecule has 0 saturated carbocycles. The fourth-order valence-corrected chi connectivity index (χ4v) is 4.20. The van der Waals surface area contributed by atoms with E-state index in [4.69, 9.17) is 0 Å². The highest BCUT2D eigenvalue weighted by Crippen LogP contribution is 2.35. The Bertz CT molecular complexity index is 1340. The van der Waals surface area contributed by atoms with Crippen molar-refractivity contribution in [3.8, 4) is 11.1 Å². The molecule has 2 aromatic carbocycles. The second kappa shape index (κ2) is 10.2. The largest absolute Gasteiger partial charge is 0.364 e. The van der Waals surface area contributed by atoms with Crippen LogP contribution in [0.4, 0.5) is 17.2 Å². The van der Waals surface area contributed by atoms with Crippen molar-refractivity contribution in [1.82, 2.24) is 20.0 Å². The third-order valence-corrected chi connectivity index (χ3v) is 6.24. The summed E-state index contributed by atoms with van der Waals surface area (Å²) >= 11 is 0. The predicted molar refractivity (Wildman–Crippen MR) is 144 cm³/mol. The maximum absolute atomic E-state index is 12.1. The zero-order chi connectivity index (χ0) is 23.7. The average molecular weight is 488 g/mol. The first-order chi connectivity index (χ1) is 16.5. The molecular formula is C26H29N7OS. The molecule has 2 aromatic heterocycles. The van der Waals surface area contributed by atoms with Crippen LogP contribution >= 0.6 is 13.5 Å². The number of anilines is 3. The molecule has 3 heterocycles. The van der Waals surface area contributed by atoms with Crippen molar-refractivity contribution < 1.29 is 4.79 Å². The second-order valence-electron chi connectivity index (χ2n) is 8.55. The van der Waals surface area contributed by atoms with E-state index in [0.717, 1.165) is 28.6 Å². The molecule has 8 nitrogen and oxygen atoms in total. The monoisotopic (exact) mass is 487 g/mol. The zero-order valence-electron chi connectivity index (χ0n) is 20.0. The molecule has 5 rings (SSSR count). The van der Waals surface area contributed by atoms with Crippen LogP contribution in [0.3, 0.4) is 0 Å². The van der Waals surface area contributed by atoms with Crippen molar-refractivity contribution in [2.24, 2.45) is 0 Å². The van der Waals surface area contributed by atoms with Gasteiger partial charge in [0, 0.05) is 13.1 Å². The molecular weight excluding hydrogens is 458 g/mol. The number of carbonyl (C=O) groups excluding carboxylic acids is 1. The highest BCUT2D eigenvalue weighted by Gasteiger charge is 2.28. The van der Waals surface area contributed by atoms with Crippen molar-refractivity contribution in [3.63, 3.8) is 0 Å². The average Bonchev–Trinajstić information content (AvgIpc) is 3.30. The van der Waals surface area contributed by atoms with Crippen molar-refractivity contribution >= 4 is 36.6 Å². The van der Waals surface area contributed by atoms with Crippen LogP contribution in [0.2, 0.25) is 0 Å². The van der Waals surface area contributed by atoms with Gasteiger partial charge >= 0.3 is 0 Å². The minimum Gasteiger partial charge on any atom is -0.364 e. The van der Waals surface area contributed by atoms with Gasteiger partial charge in [0.05, 0.1) is 36.4 Å². The number of carbonyl (C=O) groups is 1. The molecule has 2 N–H and O–H groups in total. The Labute approximate surface area is 211 Å². The van der Waals surface area contributed by atoms with Crippen molar-refractivity contribution in [2.45, 2.75) is 33.0 Å². The Morgan fingerprint density at radius 3 is 2.63 bits per heavy atom. The molecule has 0 spiro atoms. The van der Waals surface area contributed by atoms with Crippen LogP contribution in [0.15, 0.2) is 66.9 Å². The van der Waals surface area contributed by atoms with E-state index in [1.165, 1.54) is 16.7 Å². The lowest BCUT2D eigenvalue weighted by molar-refractivity contribution is -0.117. The van der Waals surface area contributed by atoms with Crippen LogP contribution in [-0.4, -0.2) is 39.0 Å². The standard InChI is InChI=1S/C26H27N7O.H2S/c1-17-25-23(32(3)18(2)26(34)29-25)13-24(28-17)27-14-21-16-33(31-30-21)15-20-11-7-8-12-22(20)19-9-5-4-6-10-19;/h4-13,16,18H,14-15H2,1-3H3,(H,27,28)(H,29,34);1H2/t18-;/m0./s1. The number of pyridine rings is 1. The number of likely N-dealkylation sites (N-methyl/N-ethyl adjacent to an activating group) is 1. The molecule has 0 bridgehead atoms. The molecule has 0 aliphatic carbocycles. The lowest BCUT2D eigenvalue weighted by Crippen LogP contribution is -2.44. The lowest BCUT2D eigenvalue weighted by atomic mass is 10.00. The van der Waals surface area contributed by atoms with E-state index < -0.39 is 0 Å². The van der Waals surface area contributed by atoms with Crippen molar-refractivity contribution in [3.05, 3.63) is 83.8 Å². The highest BCUT2D eigenvalue weighted by molar-refractivity contribution is 7.59. The van der Waals surface area contributed by atoms with Crippen LogP contribution in [0.5, 0.6) is 0 Å². The number of hydrogen-bond donors (Lipinski definition) is 2. The van der Waals surface area contributed by atoms with E-state index in [0.29, 0.717) is 13.1 Å². The van der Waals surface area contributed by atoms with E-state index in [-0.39, 0.29) is 25.4 Å². The van der Waals surface area contributed by atoms with Gasteiger partial charge in [0.15, 0.2) is 0 Å². The topological polar surface area (TPSA) is 88.0 Å². The summed E-state index contributed by atoms with van der Waals surface area (Å²) in [5, 5.41) is 15.0. The van der Waals surface area contributed by atoms with Crippen LogP contribution < -0.4 is 15.5 Å². The molecule has 0 radical (unpaired) electrons. The van der Waals surface area contributed by atoms with Gasteiger partial charge < -0.3 is 15.5 Å². The number of fused-ring (bicyclic) bond motifs is 1. The predicted octanol–water partition coefficient (Wildman–Crippen LogP) is 4.20. The minimum absolute atomic E-state index is 0. The molecule has 180 valence electrons. The number of rotatable bonds is 6. The summed E-state index contributed by atoms with van der Waals surface area (Å²) in [6.07, 6.45) is 1.95. The van der Waals surface area contributed by atoms with E-state index in [1.807, 2.05) is 67.0 Å². The smallest absolute Gasteiger partial charge is 0.246 e. The first kappa shape index (κ1) is 24.3. The van der Waals surface area contributed by atoms with Gasteiger partial charge in [-0.15, -0.1) is 5.10 Å². The third kappa shape index (κ3) is 5.00. The summed E-state index contributed by atoms with van der Waals surface area (Å²) < 4.78 is 1.86. The van der Waals surface area contributed by atoms with Crippen LogP contribution in [0.1, 0.15) is 23.9 Å². The molecule has 1 amide bonds. The maximum Gasteiger partial charge on any atom is 0.246 e. The summed E-state index contributed by atoms with van der Waals surface area (Å²) in [5.74, 6) is 0.710. The quantitative estimate of drug-likeness (QED) is 0.424. The summed E-state index contributed by atoms with van der Waals surface area (Å²) in [7, 11) is 1.92. The normalized spacial score (nSPS) is 14.7. The van der Waals surface area contributed by atoms with Gasteiger partial charge in [-0.1, -0.05) is 59.8 Å². The van der Waals surface area contributed by atoms with Crippen LogP contribution in [-0.2, 0) is 17.9 Å². The number of hydrogen-bond acceptors (Lipinski definition) is 6.